The van der Waals surface area contributed by atoms with Crippen molar-refractivity contribution in [2.75, 3.05) is 25.6 Å². The molecule has 0 aromatic heterocycles. The minimum absolute atomic E-state index is 0.0895. The molecule has 1 unspecified atom stereocenters. The van der Waals surface area contributed by atoms with Crippen molar-refractivity contribution in [1.29, 1.82) is 0 Å². The first-order valence-corrected chi connectivity index (χ1v) is 4.70. The third-order valence-electron chi connectivity index (χ3n) is 2.16. The van der Waals surface area contributed by atoms with Crippen LogP contribution >= 0.6 is 0 Å². The van der Waals surface area contributed by atoms with Crippen LogP contribution in [0.15, 0.2) is 18.2 Å². The summed E-state index contributed by atoms with van der Waals surface area (Å²) in [6.45, 7) is 0.122. The first kappa shape index (κ1) is 11.0. The number of hydrogen-bond acceptors (Lipinski definition) is 3. The summed E-state index contributed by atoms with van der Waals surface area (Å²) in [5.74, 6) is 0. The smallest absolute Gasteiger partial charge is 0.0449 e. The molecule has 0 heterocycles. The normalized spacial score (nSPS) is 12.6. The fourth-order valence-electron chi connectivity index (χ4n) is 1.27. The second-order valence-electron chi connectivity index (χ2n) is 3.52. The van der Waals surface area contributed by atoms with Gasteiger partial charge in [0.05, 0.1) is 0 Å². The quantitative estimate of drug-likeness (QED) is 0.748. The third-order valence-corrected chi connectivity index (χ3v) is 2.16. The van der Waals surface area contributed by atoms with Crippen molar-refractivity contribution in [2.24, 2.45) is 5.73 Å². The van der Waals surface area contributed by atoms with Crippen molar-refractivity contribution in [2.45, 2.75) is 12.5 Å². The van der Waals surface area contributed by atoms with Gasteiger partial charge in [0.1, 0.15) is 0 Å². The lowest BCUT2D eigenvalue weighted by Crippen LogP contribution is -2.14. The van der Waals surface area contributed by atoms with Gasteiger partial charge in [-0.3, -0.25) is 0 Å². The van der Waals surface area contributed by atoms with E-state index < -0.39 is 0 Å². The Morgan fingerprint density at radius 1 is 1.57 bits per heavy atom. The van der Waals surface area contributed by atoms with E-state index in [1.165, 1.54) is 0 Å². The summed E-state index contributed by atoms with van der Waals surface area (Å²) in [4.78, 5) is 1.98. The van der Waals surface area contributed by atoms with Crippen molar-refractivity contribution in [3.63, 3.8) is 0 Å². The summed E-state index contributed by atoms with van der Waals surface area (Å²) in [6.07, 6.45) is 0.594. The highest BCUT2D eigenvalue weighted by molar-refractivity contribution is 5.46. The molecule has 0 aliphatic rings. The Hall–Kier alpha value is -1.06. The molecule has 0 saturated heterocycles. The molecule has 3 nitrogen and oxygen atoms in total. The molecule has 1 atom stereocenters. The van der Waals surface area contributed by atoms with Crippen LogP contribution in [0.4, 0.5) is 5.69 Å². The number of nitrogens with zero attached hydrogens (tertiary/aromatic N) is 1. The van der Waals surface area contributed by atoms with Gasteiger partial charge in [0.2, 0.25) is 0 Å². The molecule has 0 aliphatic heterocycles. The highest BCUT2D eigenvalue weighted by atomic mass is 16.3. The zero-order valence-corrected chi connectivity index (χ0v) is 8.70. The van der Waals surface area contributed by atoms with Gasteiger partial charge in [0.25, 0.3) is 0 Å². The summed E-state index contributed by atoms with van der Waals surface area (Å²) in [5, 5.41) is 8.78. The topological polar surface area (TPSA) is 49.5 Å². The van der Waals surface area contributed by atoms with Gasteiger partial charge in [0, 0.05) is 38.5 Å². The predicted octanol–water partition coefficient (Wildman–Crippen LogP) is 0.935. The number of aliphatic hydroxyl groups excluding tert-OH is 1. The lowest BCUT2D eigenvalue weighted by atomic mass is 10.0. The van der Waals surface area contributed by atoms with Crippen LogP contribution in [0, 0.1) is 6.07 Å². The van der Waals surface area contributed by atoms with E-state index in [0.29, 0.717) is 6.42 Å². The van der Waals surface area contributed by atoms with E-state index in [1.54, 1.807) is 0 Å². The summed E-state index contributed by atoms with van der Waals surface area (Å²) < 4.78 is 0. The van der Waals surface area contributed by atoms with Crippen molar-refractivity contribution < 1.29 is 5.11 Å². The van der Waals surface area contributed by atoms with E-state index in [2.05, 4.69) is 6.07 Å². The standard InChI is InChI=1S/C11H17N2O/c1-13(2)10-5-3-4-9(8-10)11(12)6-7-14/h3-4,8,11,14H,6-7,12H2,1-2H3. The summed E-state index contributed by atoms with van der Waals surface area (Å²) in [7, 11) is 3.93. The maximum absolute atomic E-state index is 8.78. The van der Waals surface area contributed by atoms with Crippen LogP contribution in [0.5, 0.6) is 0 Å². The fraction of sp³-hybridized carbons (Fsp3) is 0.455. The SMILES string of the molecule is CN(C)c1[c]ccc(C(N)CCO)c1. The molecule has 1 rings (SSSR count). The lowest BCUT2D eigenvalue weighted by Gasteiger charge is -2.16. The van der Waals surface area contributed by atoms with Crippen LogP contribution in [0.1, 0.15) is 18.0 Å². The van der Waals surface area contributed by atoms with Gasteiger partial charge in [0.15, 0.2) is 0 Å². The molecule has 0 amide bonds. The third kappa shape index (κ3) is 2.72. The Morgan fingerprint density at radius 3 is 2.86 bits per heavy atom. The van der Waals surface area contributed by atoms with E-state index in [0.717, 1.165) is 11.3 Å². The van der Waals surface area contributed by atoms with Crippen LogP contribution in [0.3, 0.4) is 0 Å². The van der Waals surface area contributed by atoms with Gasteiger partial charge in [-0.1, -0.05) is 12.1 Å². The molecule has 0 aliphatic carbocycles. The minimum Gasteiger partial charge on any atom is -0.396 e. The van der Waals surface area contributed by atoms with Gasteiger partial charge in [-0.2, -0.15) is 0 Å². The zero-order chi connectivity index (χ0) is 10.6. The van der Waals surface area contributed by atoms with Crippen LogP contribution in [0.25, 0.3) is 0 Å². The van der Waals surface area contributed by atoms with E-state index in [-0.39, 0.29) is 12.6 Å². The second kappa shape index (κ2) is 4.98. The van der Waals surface area contributed by atoms with Crippen molar-refractivity contribution in [3.05, 3.63) is 29.8 Å². The highest BCUT2D eigenvalue weighted by Crippen LogP contribution is 2.18. The van der Waals surface area contributed by atoms with Crippen molar-refractivity contribution in [3.8, 4) is 0 Å². The van der Waals surface area contributed by atoms with Gasteiger partial charge >= 0.3 is 0 Å². The number of aliphatic hydroxyl groups is 1. The maximum atomic E-state index is 8.78. The van der Waals surface area contributed by atoms with Crippen LogP contribution in [0.2, 0.25) is 0 Å². The second-order valence-corrected chi connectivity index (χ2v) is 3.52. The van der Waals surface area contributed by atoms with E-state index in [9.17, 15) is 0 Å². The van der Waals surface area contributed by atoms with Crippen LogP contribution in [-0.4, -0.2) is 25.8 Å². The van der Waals surface area contributed by atoms with Crippen molar-refractivity contribution >= 4 is 5.69 Å². The highest BCUT2D eigenvalue weighted by Gasteiger charge is 2.06. The lowest BCUT2D eigenvalue weighted by molar-refractivity contribution is 0.276. The van der Waals surface area contributed by atoms with Crippen molar-refractivity contribution in [1.82, 2.24) is 0 Å². The molecular weight excluding hydrogens is 176 g/mol. The van der Waals surface area contributed by atoms with E-state index >= 15 is 0 Å². The molecule has 14 heavy (non-hydrogen) atoms. The Labute approximate surface area is 85.2 Å². The average Bonchev–Trinajstić information content (AvgIpc) is 2.18. The van der Waals surface area contributed by atoms with Gasteiger partial charge in [-0.05, 0) is 18.1 Å². The Bertz CT molecular complexity index is 286. The van der Waals surface area contributed by atoms with E-state index in [1.807, 2.05) is 37.2 Å². The molecule has 1 radical (unpaired) electrons. The van der Waals surface area contributed by atoms with E-state index in [4.69, 9.17) is 10.8 Å². The number of nitrogens with two attached hydrogens (primary N) is 1. The number of rotatable bonds is 4. The Kier molecular flexibility index (Phi) is 3.92. The number of anilines is 1. The molecular formula is C11H17N2O. The largest absolute Gasteiger partial charge is 0.396 e. The molecule has 0 spiro atoms. The summed E-state index contributed by atoms with van der Waals surface area (Å²) in [6, 6.07) is 8.82. The van der Waals surface area contributed by atoms with Gasteiger partial charge in [-0.25, -0.2) is 0 Å². The molecule has 3 N–H and O–H groups in total. The monoisotopic (exact) mass is 193 g/mol. The molecule has 0 saturated carbocycles. The Morgan fingerprint density at radius 2 is 2.29 bits per heavy atom. The first-order chi connectivity index (χ1) is 6.65. The molecule has 0 fully saturated rings. The number of benzene rings is 1. The maximum Gasteiger partial charge on any atom is 0.0449 e. The number of hydrogen-bond donors (Lipinski definition) is 2. The Balaban J connectivity index is 2.82. The molecule has 0 bridgehead atoms. The van der Waals surface area contributed by atoms with Gasteiger partial charge < -0.3 is 15.7 Å². The molecule has 1 aromatic rings. The summed E-state index contributed by atoms with van der Waals surface area (Å²) in [5.41, 5.74) is 7.94. The summed E-state index contributed by atoms with van der Waals surface area (Å²) >= 11 is 0. The minimum atomic E-state index is -0.0895. The first-order valence-electron chi connectivity index (χ1n) is 4.70. The zero-order valence-electron chi connectivity index (χ0n) is 8.70. The van der Waals surface area contributed by atoms with Gasteiger partial charge in [-0.15, -0.1) is 0 Å². The van der Waals surface area contributed by atoms with Crippen LogP contribution < -0.4 is 10.6 Å². The molecule has 3 heteroatoms. The predicted molar refractivity (Wildman–Crippen MR) is 58.2 cm³/mol. The average molecular weight is 193 g/mol. The molecule has 1 aromatic carbocycles. The van der Waals surface area contributed by atoms with Crippen LogP contribution in [-0.2, 0) is 0 Å². The fourth-order valence-corrected chi connectivity index (χ4v) is 1.27. The molecule has 77 valence electrons.